The van der Waals surface area contributed by atoms with E-state index in [1.807, 2.05) is 25.5 Å². The van der Waals surface area contributed by atoms with Crippen molar-refractivity contribution in [2.45, 2.75) is 26.8 Å². The average molecular weight is 238 g/mol. The second-order valence-corrected chi connectivity index (χ2v) is 4.24. The number of aromatic nitrogens is 3. The smallest absolute Gasteiger partial charge is 0.248 e. The molecule has 1 saturated heterocycles. The normalized spacial score (nSPS) is 16.1. The van der Waals surface area contributed by atoms with Crippen LogP contribution >= 0.6 is 0 Å². The minimum atomic E-state index is 0.0533. The van der Waals surface area contributed by atoms with Crippen LogP contribution in [0.3, 0.4) is 0 Å². The van der Waals surface area contributed by atoms with Crippen molar-refractivity contribution in [2.24, 2.45) is 0 Å². The van der Waals surface area contributed by atoms with Crippen molar-refractivity contribution in [3.8, 4) is 0 Å². The van der Waals surface area contributed by atoms with Gasteiger partial charge in [0.1, 0.15) is 18.3 Å². The molecule has 6 heteroatoms. The summed E-state index contributed by atoms with van der Waals surface area (Å²) in [5, 5.41) is 4.32. The van der Waals surface area contributed by atoms with Crippen LogP contribution in [0.1, 0.15) is 24.6 Å². The fourth-order valence-electron chi connectivity index (χ4n) is 1.98. The first-order chi connectivity index (χ1) is 8.11. The van der Waals surface area contributed by atoms with Gasteiger partial charge in [-0.2, -0.15) is 5.10 Å². The van der Waals surface area contributed by atoms with Gasteiger partial charge < -0.3 is 9.64 Å². The maximum Gasteiger partial charge on any atom is 0.248 e. The topological polar surface area (TPSA) is 60.2 Å². The van der Waals surface area contributed by atoms with E-state index in [0.717, 1.165) is 11.6 Å². The lowest BCUT2D eigenvalue weighted by atomic mass is 10.1. The van der Waals surface area contributed by atoms with Crippen molar-refractivity contribution in [1.29, 1.82) is 0 Å². The first kappa shape index (κ1) is 12.0. The van der Waals surface area contributed by atoms with Crippen LogP contribution in [0.2, 0.25) is 0 Å². The number of aryl methyl sites for hydroxylation is 2. The second-order valence-electron chi connectivity index (χ2n) is 4.24. The molecule has 17 heavy (non-hydrogen) atoms. The number of amides is 1. The molecule has 0 radical (unpaired) electrons. The summed E-state index contributed by atoms with van der Waals surface area (Å²) in [5.41, 5.74) is 0. The van der Waals surface area contributed by atoms with Gasteiger partial charge in [-0.25, -0.2) is 9.67 Å². The Bertz CT molecular complexity index is 410. The third kappa shape index (κ3) is 2.46. The Kier molecular flexibility index (Phi) is 3.42. The van der Waals surface area contributed by atoms with Crippen molar-refractivity contribution in [3.05, 3.63) is 11.6 Å². The molecule has 0 saturated carbocycles. The fourth-order valence-corrected chi connectivity index (χ4v) is 1.98. The number of likely N-dealkylation sites (tertiary alicyclic amines) is 1. The molecule has 94 valence electrons. The third-order valence-electron chi connectivity index (χ3n) is 2.90. The van der Waals surface area contributed by atoms with Gasteiger partial charge in [-0.3, -0.25) is 4.79 Å². The summed E-state index contributed by atoms with van der Waals surface area (Å²) < 4.78 is 7.00. The molecule has 1 amide bonds. The van der Waals surface area contributed by atoms with Crippen LogP contribution in [0.25, 0.3) is 0 Å². The molecule has 2 heterocycles. The number of hydrogen-bond acceptors (Lipinski definition) is 4. The molecule has 0 unspecified atom stereocenters. The lowest BCUT2D eigenvalue weighted by Gasteiger charge is -2.39. The lowest BCUT2D eigenvalue weighted by molar-refractivity contribution is -0.142. The minimum absolute atomic E-state index is 0.0533. The average Bonchev–Trinajstić information content (AvgIpc) is 2.53. The Labute approximate surface area is 101 Å². The van der Waals surface area contributed by atoms with Crippen LogP contribution in [0.15, 0.2) is 0 Å². The van der Waals surface area contributed by atoms with Gasteiger partial charge in [-0.15, -0.1) is 0 Å². The van der Waals surface area contributed by atoms with Gasteiger partial charge >= 0.3 is 0 Å². The van der Waals surface area contributed by atoms with Gasteiger partial charge in [0.05, 0.1) is 6.04 Å². The lowest BCUT2D eigenvalue weighted by Crippen LogP contribution is -2.52. The summed E-state index contributed by atoms with van der Waals surface area (Å²) in [6, 6.07) is 0.266. The highest BCUT2D eigenvalue weighted by Gasteiger charge is 2.33. The summed E-state index contributed by atoms with van der Waals surface area (Å²) in [7, 11) is 0. The number of hydrogen-bond donors (Lipinski definition) is 0. The minimum Gasteiger partial charge on any atom is -0.372 e. The highest BCUT2D eigenvalue weighted by Crippen LogP contribution is 2.21. The first-order valence-corrected chi connectivity index (χ1v) is 5.87. The van der Waals surface area contributed by atoms with Crippen molar-refractivity contribution in [3.63, 3.8) is 0 Å². The Morgan fingerprint density at radius 3 is 2.71 bits per heavy atom. The zero-order valence-electron chi connectivity index (χ0n) is 10.5. The van der Waals surface area contributed by atoms with Crippen LogP contribution in [-0.2, 0) is 9.53 Å². The summed E-state index contributed by atoms with van der Waals surface area (Å²) in [6.45, 7) is 7.85. The Morgan fingerprint density at radius 1 is 1.47 bits per heavy atom. The van der Waals surface area contributed by atoms with Crippen molar-refractivity contribution in [1.82, 2.24) is 19.7 Å². The number of carbonyl (C=O) groups excluding carboxylic acids is 1. The van der Waals surface area contributed by atoms with Gasteiger partial charge in [0, 0.05) is 19.7 Å². The predicted octanol–water partition coefficient (Wildman–Crippen LogP) is 0.315. The molecule has 0 bridgehead atoms. The summed E-state index contributed by atoms with van der Waals surface area (Å²) in [5.74, 6) is 1.74. The number of carbonyl (C=O) groups is 1. The summed E-state index contributed by atoms with van der Waals surface area (Å²) >= 11 is 0. The zero-order valence-corrected chi connectivity index (χ0v) is 10.5. The van der Waals surface area contributed by atoms with E-state index in [-0.39, 0.29) is 18.6 Å². The van der Waals surface area contributed by atoms with E-state index < -0.39 is 0 Å². The van der Waals surface area contributed by atoms with Gasteiger partial charge in [0.25, 0.3) is 0 Å². The summed E-state index contributed by atoms with van der Waals surface area (Å²) in [6.07, 6.45) is 0. The predicted molar refractivity (Wildman–Crippen MR) is 61.6 cm³/mol. The van der Waals surface area contributed by atoms with Gasteiger partial charge in [0.2, 0.25) is 5.91 Å². The first-order valence-electron chi connectivity index (χ1n) is 5.87. The van der Waals surface area contributed by atoms with Gasteiger partial charge in [0.15, 0.2) is 0 Å². The molecule has 0 spiro atoms. The Balaban J connectivity index is 1.86. The van der Waals surface area contributed by atoms with Crippen LogP contribution in [-0.4, -0.2) is 51.9 Å². The van der Waals surface area contributed by atoms with Crippen LogP contribution < -0.4 is 0 Å². The largest absolute Gasteiger partial charge is 0.372 e. The standard InChI is InChI=1S/C11H18N4O2/c1-4-17-7-11(16)14-5-10(6-14)15-9(3)12-8(2)13-15/h10H,4-7H2,1-3H3. The molecule has 2 rings (SSSR count). The Morgan fingerprint density at radius 2 is 2.18 bits per heavy atom. The Hall–Kier alpha value is -1.43. The molecule has 1 aliphatic heterocycles. The van der Waals surface area contributed by atoms with E-state index in [9.17, 15) is 4.79 Å². The van der Waals surface area contributed by atoms with Crippen LogP contribution in [0.5, 0.6) is 0 Å². The molecule has 0 aliphatic carbocycles. The number of ether oxygens (including phenoxy) is 1. The molecule has 1 aromatic rings. The van der Waals surface area contributed by atoms with Crippen LogP contribution in [0, 0.1) is 13.8 Å². The SMILES string of the molecule is CCOCC(=O)N1CC(n2nc(C)nc2C)C1. The second kappa shape index (κ2) is 4.83. The van der Waals surface area contributed by atoms with E-state index in [1.54, 1.807) is 4.90 Å². The van der Waals surface area contributed by atoms with Gasteiger partial charge in [-0.05, 0) is 20.8 Å². The molecule has 0 atom stereocenters. The van der Waals surface area contributed by atoms with E-state index in [1.165, 1.54) is 0 Å². The van der Waals surface area contributed by atoms with E-state index in [4.69, 9.17) is 4.74 Å². The number of rotatable bonds is 4. The third-order valence-corrected chi connectivity index (χ3v) is 2.90. The monoisotopic (exact) mass is 238 g/mol. The molecule has 1 fully saturated rings. The molecule has 6 nitrogen and oxygen atoms in total. The highest BCUT2D eigenvalue weighted by atomic mass is 16.5. The van der Waals surface area contributed by atoms with Gasteiger partial charge in [-0.1, -0.05) is 0 Å². The highest BCUT2D eigenvalue weighted by molar-refractivity contribution is 5.78. The van der Waals surface area contributed by atoms with E-state index >= 15 is 0 Å². The number of nitrogens with zero attached hydrogens (tertiary/aromatic N) is 4. The van der Waals surface area contributed by atoms with Crippen molar-refractivity contribution >= 4 is 5.91 Å². The summed E-state index contributed by atoms with van der Waals surface area (Å²) in [4.78, 5) is 17.7. The molecular weight excluding hydrogens is 220 g/mol. The molecular formula is C11H18N4O2. The quantitative estimate of drug-likeness (QED) is 0.757. The van der Waals surface area contributed by atoms with Crippen LogP contribution in [0.4, 0.5) is 0 Å². The maximum atomic E-state index is 11.6. The molecule has 1 aliphatic rings. The van der Waals surface area contributed by atoms with E-state index in [0.29, 0.717) is 19.7 Å². The maximum absolute atomic E-state index is 11.6. The van der Waals surface area contributed by atoms with E-state index in [2.05, 4.69) is 10.1 Å². The fraction of sp³-hybridized carbons (Fsp3) is 0.727. The molecule has 0 N–H and O–H groups in total. The van der Waals surface area contributed by atoms with Crippen molar-refractivity contribution in [2.75, 3.05) is 26.3 Å². The molecule has 0 aromatic carbocycles. The zero-order chi connectivity index (χ0) is 12.4. The van der Waals surface area contributed by atoms with Crippen molar-refractivity contribution < 1.29 is 9.53 Å². The molecule has 1 aromatic heterocycles.